The van der Waals surface area contributed by atoms with Gasteiger partial charge in [0.15, 0.2) is 0 Å². The second kappa shape index (κ2) is 6.58. The van der Waals surface area contributed by atoms with Gasteiger partial charge in [-0.15, -0.1) is 0 Å². The van der Waals surface area contributed by atoms with Gasteiger partial charge in [-0.05, 0) is 19.9 Å². The first-order chi connectivity index (χ1) is 12.6. The Kier molecular flexibility index (Phi) is 4.11. The van der Waals surface area contributed by atoms with E-state index in [1.54, 1.807) is 18.5 Å². The molecule has 1 aliphatic heterocycles. The number of piperazine rings is 1. The predicted octanol–water partition coefficient (Wildman–Crippen LogP) is 1.48. The Hall–Kier alpha value is -3.23. The third-order valence-electron chi connectivity index (χ3n) is 4.24. The highest BCUT2D eigenvalue weighted by atomic mass is 16.2. The normalized spacial score (nSPS) is 14.7. The molecule has 2 N–H and O–H groups in total. The highest BCUT2D eigenvalue weighted by Gasteiger charge is 2.18. The molecule has 3 aromatic rings. The van der Waals surface area contributed by atoms with Crippen molar-refractivity contribution in [3.63, 3.8) is 0 Å². The SMILES string of the molecule is CC(C)n1cnc2cnc(Nc3ccnc(N4CCNC(=O)C4)n3)cc21. The minimum absolute atomic E-state index is 0.0210. The fraction of sp³-hybridized carbons (Fsp3) is 0.353. The average molecular weight is 352 g/mol. The third-order valence-corrected chi connectivity index (χ3v) is 4.24. The van der Waals surface area contributed by atoms with Crippen LogP contribution in [0.15, 0.2) is 30.9 Å². The molecule has 0 unspecified atom stereocenters. The Morgan fingerprint density at radius 3 is 2.92 bits per heavy atom. The average Bonchev–Trinajstić information content (AvgIpc) is 3.05. The quantitative estimate of drug-likeness (QED) is 0.733. The molecular formula is C17H20N8O. The number of carbonyl (C=O) groups excluding carboxylic acids is 1. The lowest BCUT2D eigenvalue weighted by Crippen LogP contribution is -2.48. The first-order valence-corrected chi connectivity index (χ1v) is 8.54. The van der Waals surface area contributed by atoms with Crippen LogP contribution >= 0.6 is 0 Å². The van der Waals surface area contributed by atoms with E-state index in [2.05, 4.69) is 49.0 Å². The lowest BCUT2D eigenvalue weighted by Gasteiger charge is -2.26. The maximum atomic E-state index is 11.6. The first kappa shape index (κ1) is 16.2. The van der Waals surface area contributed by atoms with Crippen molar-refractivity contribution in [2.45, 2.75) is 19.9 Å². The van der Waals surface area contributed by atoms with Gasteiger partial charge in [0.2, 0.25) is 11.9 Å². The van der Waals surface area contributed by atoms with Crippen LogP contribution < -0.4 is 15.5 Å². The number of nitrogens with zero attached hydrogens (tertiary/aromatic N) is 6. The predicted molar refractivity (Wildman–Crippen MR) is 98.5 cm³/mol. The van der Waals surface area contributed by atoms with Crippen LogP contribution in [-0.2, 0) is 4.79 Å². The van der Waals surface area contributed by atoms with E-state index in [0.29, 0.717) is 36.7 Å². The second-order valence-corrected chi connectivity index (χ2v) is 6.44. The summed E-state index contributed by atoms with van der Waals surface area (Å²) in [7, 11) is 0. The van der Waals surface area contributed by atoms with Gasteiger partial charge >= 0.3 is 0 Å². The van der Waals surface area contributed by atoms with Crippen molar-refractivity contribution in [1.29, 1.82) is 0 Å². The number of fused-ring (bicyclic) bond motifs is 1. The molecule has 1 saturated heterocycles. The van der Waals surface area contributed by atoms with Crippen LogP contribution in [0, 0.1) is 0 Å². The number of carbonyl (C=O) groups is 1. The highest BCUT2D eigenvalue weighted by molar-refractivity contribution is 5.82. The number of pyridine rings is 1. The van der Waals surface area contributed by atoms with E-state index in [4.69, 9.17) is 0 Å². The van der Waals surface area contributed by atoms with Crippen molar-refractivity contribution < 1.29 is 4.79 Å². The lowest BCUT2D eigenvalue weighted by molar-refractivity contribution is -0.120. The molecular weight excluding hydrogens is 332 g/mol. The van der Waals surface area contributed by atoms with Crippen LogP contribution in [0.4, 0.5) is 17.6 Å². The van der Waals surface area contributed by atoms with E-state index in [0.717, 1.165) is 11.0 Å². The number of amides is 1. The fourth-order valence-corrected chi connectivity index (χ4v) is 2.92. The molecule has 0 aliphatic carbocycles. The number of imidazole rings is 1. The van der Waals surface area contributed by atoms with Crippen molar-refractivity contribution in [3.05, 3.63) is 30.9 Å². The summed E-state index contributed by atoms with van der Waals surface area (Å²) in [5.41, 5.74) is 1.87. The lowest BCUT2D eigenvalue weighted by atomic mass is 10.3. The Balaban J connectivity index is 1.59. The molecule has 3 aromatic heterocycles. The Bertz CT molecular complexity index is 951. The van der Waals surface area contributed by atoms with E-state index >= 15 is 0 Å². The fourth-order valence-electron chi connectivity index (χ4n) is 2.92. The van der Waals surface area contributed by atoms with Crippen LogP contribution in [0.1, 0.15) is 19.9 Å². The summed E-state index contributed by atoms with van der Waals surface area (Å²) >= 11 is 0. The third kappa shape index (κ3) is 3.15. The number of nitrogens with one attached hydrogen (secondary N) is 2. The number of aromatic nitrogens is 5. The molecule has 26 heavy (non-hydrogen) atoms. The van der Waals surface area contributed by atoms with Crippen LogP contribution in [-0.4, -0.2) is 50.0 Å². The molecule has 4 heterocycles. The number of rotatable bonds is 4. The van der Waals surface area contributed by atoms with Gasteiger partial charge in [0.1, 0.15) is 17.2 Å². The Morgan fingerprint density at radius 1 is 1.23 bits per heavy atom. The molecule has 0 spiro atoms. The van der Waals surface area contributed by atoms with Gasteiger partial charge in [0.25, 0.3) is 0 Å². The molecule has 1 fully saturated rings. The topological polar surface area (TPSA) is 101 Å². The maximum Gasteiger partial charge on any atom is 0.239 e. The van der Waals surface area contributed by atoms with Crippen molar-refractivity contribution in [2.24, 2.45) is 0 Å². The van der Waals surface area contributed by atoms with Gasteiger partial charge in [-0.2, -0.15) is 4.98 Å². The standard InChI is InChI=1S/C17H20N8O/c1-11(2)25-10-21-12-8-20-15(7-13(12)25)22-14-3-4-19-17(23-14)24-6-5-18-16(26)9-24/h3-4,7-8,10-11H,5-6,9H2,1-2H3,(H,18,26)(H,19,20,22,23). The first-order valence-electron chi connectivity index (χ1n) is 8.54. The highest BCUT2D eigenvalue weighted by Crippen LogP contribution is 2.22. The summed E-state index contributed by atoms with van der Waals surface area (Å²) < 4.78 is 2.10. The molecule has 0 radical (unpaired) electrons. The number of anilines is 3. The van der Waals surface area contributed by atoms with Gasteiger partial charge in [0.05, 0.1) is 24.6 Å². The summed E-state index contributed by atoms with van der Waals surface area (Å²) in [6.07, 6.45) is 5.24. The molecule has 1 aliphatic rings. The van der Waals surface area contributed by atoms with Crippen molar-refractivity contribution in [1.82, 2.24) is 29.8 Å². The summed E-state index contributed by atoms with van der Waals surface area (Å²) in [4.78, 5) is 31.0. The van der Waals surface area contributed by atoms with Gasteiger partial charge in [0, 0.05) is 31.4 Å². The number of hydrogen-bond acceptors (Lipinski definition) is 7. The molecule has 0 atom stereocenters. The molecule has 134 valence electrons. The maximum absolute atomic E-state index is 11.6. The zero-order valence-electron chi connectivity index (χ0n) is 14.7. The monoisotopic (exact) mass is 352 g/mol. The van der Waals surface area contributed by atoms with E-state index in [-0.39, 0.29) is 12.5 Å². The summed E-state index contributed by atoms with van der Waals surface area (Å²) in [5.74, 6) is 1.81. The summed E-state index contributed by atoms with van der Waals surface area (Å²) in [6.45, 7) is 5.77. The van der Waals surface area contributed by atoms with Crippen molar-refractivity contribution >= 4 is 34.5 Å². The van der Waals surface area contributed by atoms with Crippen molar-refractivity contribution in [2.75, 3.05) is 29.9 Å². The van der Waals surface area contributed by atoms with E-state index < -0.39 is 0 Å². The van der Waals surface area contributed by atoms with Crippen LogP contribution in [0.25, 0.3) is 11.0 Å². The smallest absolute Gasteiger partial charge is 0.239 e. The molecule has 4 rings (SSSR count). The van der Waals surface area contributed by atoms with Gasteiger partial charge in [-0.25, -0.2) is 15.0 Å². The molecule has 1 amide bonds. The second-order valence-electron chi connectivity index (χ2n) is 6.44. The molecule has 9 nitrogen and oxygen atoms in total. The molecule has 0 saturated carbocycles. The Morgan fingerprint density at radius 2 is 2.12 bits per heavy atom. The van der Waals surface area contributed by atoms with Crippen LogP contribution in [0.5, 0.6) is 0 Å². The van der Waals surface area contributed by atoms with Crippen LogP contribution in [0.2, 0.25) is 0 Å². The van der Waals surface area contributed by atoms with Gasteiger partial charge in [-0.1, -0.05) is 0 Å². The molecule has 0 aromatic carbocycles. The minimum Gasteiger partial charge on any atom is -0.353 e. The summed E-state index contributed by atoms with van der Waals surface area (Å²) in [5, 5.41) is 6.01. The van der Waals surface area contributed by atoms with Crippen LogP contribution in [0.3, 0.4) is 0 Å². The van der Waals surface area contributed by atoms with E-state index in [1.807, 2.05) is 17.3 Å². The van der Waals surface area contributed by atoms with Crippen molar-refractivity contribution in [3.8, 4) is 0 Å². The van der Waals surface area contributed by atoms with Gasteiger partial charge < -0.3 is 20.1 Å². The minimum atomic E-state index is -0.0210. The van der Waals surface area contributed by atoms with E-state index in [1.165, 1.54) is 0 Å². The molecule has 0 bridgehead atoms. The van der Waals surface area contributed by atoms with Gasteiger partial charge in [-0.3, -0.25) is 4.79 Å². The largest absolute Gasteiger partial charge is 0.353 e. The molecule has 9 heteroatoms. The van der Waals surface area contributed by atoms with E-state index in [9.17, 15) is 4.79 Å². The zero-order valence-corrected chi connectivity index (χ0v) is 14.7. The zero-order chi connectivity index (χ0) is 18.1. The summed E-state index contributed by atoms with van der Waals surface area (Å²) in [6, 6.07) is 4.04. The Labute approximate surface area is 150 Å². The number of hydrogen-bond donors (Lipinski definition) is 2.